The topological polar surface area (TPSA) is 52.9 Å². The molecule has 2 rings (SSSR count). The molecule has 0 aliphatic rings. The van der Waals surface area contributed by atoms with E-state index in [1.54, 1.807) is 30.3 Å². The van der Waals surface area contributed by atoms with Crippen molar-refractivity contribution in [2.45, 2.75) is 6.92 Å². The van der Waals surface area contributed by atoms with Crippen molar-refractivity contribution in [1.29, 1.82) is 5.26 Å². The van der Waals surface area contributed by atoms with Crippen LogP contribution in [0, 0.1) is 11.3 Å². The van der Waals surface area contributed by atoms with E-state index in [1.807, 2.05) is 25.1 Å². The molecule has 20 heavy (non-hydrogen) atoms. The minimum absolute atomic E-state index is 0.183. The highest BCUT2D eigenvalue weighted by atomic mass is 16.1. The number of nitriles is 1. The molecule has 0 heterocycles. The normalized spacial score (nSPS) is 9.60. The molecule has 1 N–H and O–H groups in total. The Balaban J connectivity index is 2.32. The number of hydrogen-bond acceptors (Lipinski definition) is 2. The summed E-state index contributed by atoms with van der Waals surface area (Å²) < 4.78 is 0. The van der Waals surface area contributed by atoms with Gasteiger partial charge in [-0.3, -0.25) is 4.79 Å². The minimum atomic E-state index is -0.183. The quantitative estimate of drug-likeness (QED) is 0.913. The van der Waals surface area contributed by atoms with Crippen LogP contribution in [0.5, 0.6) is 0 Å². The molecule has 0 radical (unpaired) electrons. The zero-order valence-corrected chi connectivity index (χ0v) is 11.2. The van der Waals surface area contributed by atoms with Gasteiger partial charge in [0.05, 0.1) is 11.6 Å². The molecule has 98 valence electrons. The lowest BCUT2D eigenvalue weighted by Crippen LogP contribution is -2.13. The molecule has 2 aromatic carbocycles. The summed E-state index contributed by atoms with van der Waals surface area (Å²) in [6.45, 7) is 5.72. The second kappa shape index (κ2) is 5.85. The highest BCUT2D eigenvalue weighted by Crippen LogP contribution is 2.24. The lowest BCUT2D eigenvalue weighted by atomic mass is 10.0. The number of nitrogens with one attached hydrogen (secondary N) is 1. The van der Waals surface area contributed by atoms with E-state index >= 15 is 0 Å². The standard InChI is InChI=1S/C17H14N2O/c1-12(2)15-10-13(11-18)8-9-16(15)19-17(20)14-6-4-3-5-7-14/h3-10H,1H2,2H3,(H,19,20). The van der Waals surface area contributed by atoms with Crippen molar-refractivity contribution in [3.63, 3.8) is 0 Å². The fraction of sp³-hybridized carbons (Fsp3) is 0.0588. The van der Waals surface area contributed by atoms with Gasteiger partial charge in [0.15, 0.2) is 0 Å². The average molecular weight is 262 g/mol. The fourth-order valence-corrected chi connectivity index (χ4v) is 1.86. The van der Waals surface area contributed by atoms with Crippen LogP contribution >= 0.6 is 0 Å². The van der Waals surface area contributed by atoms with Gasteiger partial charge < -0.3 is 5.32 Å². The van der Waals surface area contributed by atoms with Gasteiger partial charge in [-0.1, -0.05) is 24.8 Å². The first kappa shape index (κ1) is 13.6. The maximum absolute atomic E-state index is 12.1. The van der Waals surface area contributed by atoms with E-state index in [2.05, 4.69) is 18.0 Å². The van der Waals surface area contributed by atoms with Crippen LogP contribution in [0.1, 0.15) is 28.4 Å². The van der Waals surface area contributed by atoms with Gasteiger partial charge in [-0.2, -0.15) is 5.26 Å². The molecule has 0 bridgehead atoms. The number of benzene rings is 2. The molecule has 0 saturated heterocycles. The summed E-state index contributed by atoms with van der Waals surface area (Å²) in [6.07, 6.45) is 0. The van der Waals surface area contributed by atoms with Crippen LogP contribution in [0.3, 0.4) is 0 Å². The van der Waals surface area contributed by atoms with Crippen LogP contribution in [0.25, 0.3) is 5.57 Å². The van der Waals surface area contributed by atoms with E-state index in [0.29, 0.717) is 16.8 Å². The van der Waals surface area contributed by atoms with Crippen molar-refractivity contribution >= 4 is 17.2 Å². The summed E-state index contributed by atoms with van der Waals surface area (Å²) in [6, 6.07) is 16.2. The third-order valence-electron chi connectivity index (χ3n) is 2.89. The lowest BCUT2D eigenvalue weighted by Gasteiger charge is -2.11. The van der Waals surface area contributed by atoms with Gasteiger partial charge in [0, 0.05) is 16.8 Å². The molecule has 0 unspecified atom stereocenters. The van der Waals surface area contributed by atoms with E-state index in [1.165, 1.54) is 0 Å². The number of amides is 1. The molecule has 1 amide bonds. The number of carbonyl (C=O) groups is 1. The molecule has 0 spiro atoms. The van der Waals surface area contributed by atoms with Crippen molar-refractivity contribution < 1.29 is 4.79 Å². The predicted molar refractivity (Wildman–Crippen MR) is 80.3 cm³/mol. The monoisotopic (exact) mass is 262 g/mol. The summed E-state index contributed by atoms with van der Waals surface area (Å²) >= 11 is 0. The van der Waals surface area contributed by atoms with E-state index in [-0.39, 0.29) is 5.91 Å². The van der Waals surface area contributed by atoms with Crippen LogP contribution in [0.4, 0.5) is 5.69 Å². The molecular formula is C17H14N2O. The first-order valence-electron chi connectivity index (χ1n) is 6.18. The Kier molecular flexibility index (Phi) is 3.97. The molecule has 0 aliphatic heterocycles. The zero-order chi connectivity index (χ0) is 14.5. The van der Waals surface area contributed by atoms with Gasteiger partial charge in [0.25, 0.3) is 5.91 Å². The lowest BCUT2D eigenvalue weighted by molar-refractivity contribution is 0.102. The molecule has 0 fully saturated rings. The van der Waals surface area contributed by atoms with Crippen LogP contribution in [-0.4, -0.2) is 5.91 Å². The predicted octanol–water partition coefficient (Wildman–Crippen LogP) is 3.84. The van der Waals surface area contributed by atoms with E-state index in [9.17, 15) is 4.79 Å². The summed E-state index contributed by atoms with van der Waals surface area (Å²) in [7, 11) is 0. The third-order valence-corrected chi connectivity index (χ3v) is 2.89. The highest BCUT2D eigenvalue weighted by Gasteiger charge is 2.10. The van der Waals surface area contributed by atoms with Crippen LogP contribution in [0.2, 0.25) is 0 Å². The van der Waals surface area contributed by atoms with Gasteiger partial charge in [-0.25, -0.2) is 0 Å². The Morgan fingerprint density at radius 1 is 1.20 bits per heavy atom. The molecule has 0 aromatic heterocycles. The molecule has 0 aliphatic carbocycles. The van der Waals surface area contributed by atoms with Gasteiger partial charge in [0.2, 0.25) is 0 Å². The number of hydrogen-bond donors (Lipinski definition) is 1. The van der Waals surface area contributed by atoms with Gasteiger partial charge in [-0.05, 0) is 42.8 Å². The van der Waals surface area contributed by atoms with Crippen LogP contribution < -0.4 is 5.32 Å². The maximum Gasteiger partial charge on any atom is 0.255 e. The zero-order valence-electron chi connectivity index (χ0n) is 11.2. The average Bonchev–Trinajstić information content (AvgIpc) is 2.48. The van der Waals surface area contributed by atoms with E-state index < -0.39 is 0 Å². The summed E-state index contributed by atoms with van der Waals surface area (Å²) in [5.41, 5.74) is 3.36. The van der Waals surface area contributed by atoms with Crippen molar-refractivity contribution in [1.82, 2.24) is 0 Å². The number of anilines is 1. The van der Waals surface area contributed by atoms with Crippen molar-refractivity contribution in [2.24, 2.45) is 0 Å². The van der Waals surface area contributed by atoms with Gasteiger partial charge in [0.1, 0.15) is 0 Å². The number of allylic oxidation sites excluding steroid dienone is 1. The molecule has 0 saturated carbocycles. The Bertz CT molecular complexity index is 697. The van der Waals surface area contributed by atoms with E-state index in [0.717, 1.165) is 11.1 Å². The Morgan fingerprint density at radius 2 is 1.90 bits per heavy atom. The number of rotatable bonds is 3. The maximum atomic E-state index is 12.1. The Morgan fingerprint density at radius 3 is 2.50 bits per heavy atom. The van der Waals surface area contributed by atoms with Crippen molar-refractivity contribution in [2.75, 3.05) is 5.32 Å². The Hall–Kier alpha value is -2.86. The largest absolute Gasteiger partial charge is 0.321 e. The molecule has 0 atom stereocenters. The minimum Gasteiger partial charge on any atom is -0.321 e. The first-order chi connectivity index (χ1) is 9.61. The highest BCUT2D eigenvalue weighted by molar-refractivity contribution is 6.05. The summed E-state index contributed by atoms with van der Waals surface area (Å²) in [5, 5.41) is 11.8. The Labute approximate surface area is 118 Å². The second-order valence-electron chi connectivity index (χ2n) is 4.47. The van der Waals surface area contributed by atoms with Gasteiger partial charge >= 0.3 is 0 Å². The fourth-order valence-electron chi connectivity index (χ4n) is 1.86. The third kappa shape index (κ3) is 2.93. The van der Waals surface area contributed by atoms with Crippen LogP contribution in [-0.2, 0) is 0 Å². The smallest absolute Gasteiger partial charge is 0.255 e. The van der Waals surface area contributed by atoms with E-state index in [4.69, 9.17) is 5.26 Å². The number of carbonyl (C=O) groups excluding carboxylic acids is 1. The molecule has 3 heteroatoms. The van der Waals surface area contributed by atoms with Gasteiger partial charge in [-0.15, -0.1) is 0 Å². The van der Waals surface area contributed by atoms with Crippen molar-refractivity contribution in [3.05, 3.63) is 71.8 Å². The van der Waals surface area contributed by atoms with Crippen molar-refractivity contribution in [3.8, 4) is 6.07 Å². The SMILES string of the molecule is C=C(C)c1cc(C#N)ccc1NC(=O)c1ccccc1. The second-order valence-corrected chi connectivity index (χ2v) is 4.47. The first-order valence-corrected chi connectivity index (χ1v) is 6.18. The molecule has 2 aromatic rings. The summed E-state index contributed by atoms with van der Waals surface area (Å²) in [4.78, 5) is 12.1. The van der Waals surface area contributed by atoms with Crippen LogP contribution in [0.15, 0.2) is 55.1 Å². The number of nitrogens with zero attached hydrogens (tertiary/aromatic N) is 1. The molecular weight excluding hydrogens is 248 g/mol. The summed E-state index contributed by atoms with van der Waals surface area (Å²) in [5.74, 6) is -0.183. The molecule has 3 nitrogen and oxygen atoms in total.